The summed E-state index contributed by atoms with van der Waals surface area (Å²) in [6, 6.07) is 7.15. The Kier molecular flexibility index (Phi) is 3.91. The van der Waals surface area contributed by atoms with Crippen molar-refractivity contribution in [2.45, 2.75) is 24.5 Å². The minimum absolute atomic E-state index is 0.370. The van der Waals surface area contributed by atoms with Gasteiger partial charge in [-0.25, -0.2) is 4.79 Å². The molecule has 2 unspecified atom stereocenters. The lowest BCUT2D eigenvalue weighted by atomic mass is 9.90. The van der Waals surface area contributed by atoms with E-state index in [-0.39, 0.29) is 0 Å². The van der Waals surface area contributed by atoms with Crippen LogP contribution in [0.2, 0.25) is 0 Å². The van der Waals surface area contributed by atoms with Crippen LogP contribution in [0, 0.1) is 0 Å². The fraction of sp³-hybridized carbons (Fsp3) is 0.385. The average molecular weight is 328 g/mol. The topological polar surface area (TPSA) is 78.6 Å². The number of nitrogens with two attached hydrogens (primary N) is 1. The summed E-state index contributed by atoms with van der Waals surface area (Å²) in [5, 5.41) is 0. The molecular weight excluding hydrogens is 314 g/mol. The van der Waals surface area contributed by atoms with E-state index < -0.39 is 23.6 Å². The molecule has 1 aromatic rings. The van der Waals surface area contributed by atoms with Gasteiger partial charge in [0.05, 0.1) is 7.11 Å². The first kappa shape index (κ1) is 14.0. The van der Waals surface area contributed by atoms with Gasteiger partial charge >= 0.3 is 5.97 Å². The fourth-order valence-corrected chi connectivity index (χ4v) is 2.52. The second-order valence-electron chi connectivity index (χ2n) is 4.37. The second-order valence-corrected chi connectivity index (χ2v) is 5.29. The summed E-state index contributed by atoms with van der Waals surface area (Å²) < 4.78 is 11.3. The maximum absolute atomic E-state index is 12.1. The predicted octanol–water partition coefficient (Wildman–Crippen LogP) is 1.48. The maximum atomic E-state index is 12.1. The van der Waals surface area contributed by atoms with Crippen LogP contribution in [0.1, 0.15) is 18.4 Å². The highest BCUT2D eigenvalue weighted by Gasteiger charge is 2.50. The van der Waals surface area contributed by atoms with E-state index in [1.807, 2.05) is 0 Å². The Morgan fingerprint density at radius 2 is 2.05 bits per heavy atom. The van der Waals surface area contributed by atoms with E-state index in [2.05, 4.69) is 15.9 Å². The van der Waals surface area contributed by atoms with Crippen molar-refractivity contribution in [3.8, 4) is 0 Å². The molecule has 0 bridgehead atoms. The summed E-state index contributed by atoms with van der Waals surface area (Å²) in [5.41, 5.74) is 4.66. The molecule has 6 heteroatoms. The van der Waals surface area contributed by atoms with Crippen LogP contribution in [-0.2, 0) is 24.7 Å². The van der Waals surface area contributed by atoms with Crippen LogP contribution in [0.5, 0.6) is 0 Å². The van der Waals surface area contributed by atoms with Gasteiger partial charge in [-0.05, 0) is 30.5 Å². The number of benzene rings is 1. The first-order chi connectivity index (χ1) is 8.99. The molecule has 0 aliphatic carbocycles. The van der Waals surface area contributed by atoms with E-state index in [0.717, 1.165) is 4.47 Å². The summed E-state index contributed by atoms with van der Waals surface area (Å²) in [6.45, 7) is 0. The number of carbonyl (C=O) groups is 2. The van der Waals surface area contributed by atoms with Crippen LogP contribution < -0.4 is 5.73 Å². The molecule has 1 aliphatic heterocycles. The quantitative estimate of drug-likeness (QED) is 0.853. The molecule has 0 spiro atoms. The van der Waals surface area contributed by atoms with Gasteiger partial charge in [-0.15, -0.1) is 0 Å². The smallest absolute Gasteiger partial charge is 0.342 e. The van der Waals surface area contributed by atoms with Gasteiger partial charge in [-0.2, -0.15) is 0 Å². The lowest BCUT2D eigenvalue weighted by Crippen LogP contribution is -2.39. The van der Waals surface area contributed by atoms with Gasteiger partial charge in [0.1, 0.15) is 6.10 Å². The summed E-state index contributed by atoms with van der Waals surface area (Å²) >= 11 is 3.33. The molecule has 1 fully saturated rings. The molecule has 102 valence electrons. The molecule has 1 aliphatic rings. The number of amides is 1. The fourth-order valence-electron chi connectivity index (χ4n) is 2.26. The van der Waals surface area contributed by atoms with E-state index in [4.69, 9.17) is 15.2 Å². The van der Waals surface area contributed by atoms with E-state index in [1.54, 1.807) is 24.3 Å². The van der Waals surface area contributed by atoms with Gasteiger partial charge in [0.2, 0.25) is 5.91 Å². The predicted molar refractivity (Wildman–Crippen MR) is 71.1 cm³/mol. The number of hydrogen-bond donors (Lipinski definition) is 1. The average Bonchev–Trinajstić information content (AvgIpc) is 2.85. The van der Waals surface area contributed by atoms with E-state index in [0.29, 0.717) is 18.4 Å². The zero-order chi connectivity index (χ0) is 14.0. The van der Waals surface area contributed by atoms with Crippen molar-refractivity contribution in [3.63, 3.8) is 0 Å². The van der Waals surface area contributed by atoms with Gasteiger partial charge in [0.15, 0.2) is 5.60 Å². The lowest BCUT2D eigenvalue weighted by Gasteiger charge is -2.26. The van der Waals surface area contributed by atoms with Crippen LogP contribution >= 0.6 is 15.9 Å². The number of carbonyl (C=O) groups excluding carboxylic acids is 2. The zero-order valence-corrected chi connectivity index (χ0v) is 12.0. The lowest BCUT2D eigenvalue weighted by molar-refractivity contribution is -0.171. The van der Waals surface area contributed by atoms with Crippen LogP contribution in [0.15, 0.2) is 28.7 Å². The number of esters is 1. The van der Waals surface area contributed by atoms with Crippen molar-refractivity contribution >= 4 is 27.8 Å². The second kappa shape index (κ2) is 5.30. The first-order valence-electron chi connectivity index (χ1n) is 5.81. The number of ether oxygens (including phenoxy) is 2. The Labute approximate surface area is 119 Å². The Balaban J connectivity index is 2.39. The van der Waals surface area contributed by atoms with Crippen molar-refractivity contribution in [1.29, 1.82) is 0 Å². The third kappa shape index (κ3) is 2.50. The highest BCUT2D eigenvalue weighted by molar-refractivity contribution is 9.10. The third-order valence-electron chi connectivity index (χ3n) is 3.25. The molecular formula is C13H14BrNO4. The highest BCUT2D eigenvalue weighted by Crippen LogP contribution is 2.40. The Hall–Kier alpha value is -1.40. The van der Waals surface area contributed by atoms with Gasteiger partial charge < -0.3 is 15.2 Å². The summed E-state index contributed by atoms with van der Waals surface area (Å²) in [4.78, 5) is 23.3. The molecule has 0 aromatic heterocycles. The number of methoxy groups -OCH3 is 1. The van der Waals surface area contributed by atoms with Gasteiger partial charge in [-0.1, -0.05) is 28.1 Å². The third-order valence-corrected chi connectivity index (χ3v) is 3.77. The summed E-state index contributed by atoms with van der Waals surface area (Å²) in [5.74, 6) is -1.08. The number of primary amides is 1. The molecule has 2 rings (SSSR count). The van der Waals surface area contributed by atoms with E-state index >= 15 is 0 Å². The minimum atomic E-state index is -1.24. The van der Waals surface area contributed by atoms with Crippen LogP contribution in [-0.4, -0.2) is 25.1 Å². The number of halogens is 1. The molecule has 1 amide bonds. The Bertz CT molecular complexity index is 502. The van der Waals surface area contributed by atoms with E-state index in [9.17, 15) is 9.59 Å². The van der Waals surface area contributed by atoms with Gasteiger partial charge in [-0.3, -0.25) is 4.79 Å². The standard InChI is InChI=1S/C13H14BrNO4/c1-18-12(17)13(7-6-10(19-13)11(15)16)8-2-4-9(14)5-3-8/h2-5,10H,6-7H2,1H3,(H2,15,16). The van der Waals surface area contributed by atoms with Crippen LogP contribution in [0.25, 0.3) is 0 Å². The van der Waals surface area contributed by atoms with Crippen molar-refractivity contribution in [1.82, 2.24) is 0 Å². The van der Waals surface area contributed by atoms with Crippen molar-refractivity contribution in [2.24, 2.45) is 5.73 Å². The molecule has 1 heterocycles. The zero-order valence-electron chi connectivity index (χ0n) is 10.4. The number of rotatable bonds is 3. The number of hydrogen-bond acceptors (Lipinski definition) is 4. The molecule has 1 saturated heterocycles. The normalized spacial score (nSPS) is 26.1. The monoisotopic (exact) mass is 327 g/mol. The van der Waals surface area contributed by atoms with Crippen molar-refractivity contribution in [2.75, 3.05) is 7.11 Å². The molecule has 2 N–H and O–H groups in total. The molecule has 0 radical (unpaired) electrons. The molecule has 0 saturated carbocycles. The van der Waals surface area contributed by atoms with Gasteiger partial charge in [0.25, 0.3) is 0 Å². The SMILES string of the molecule is COC(=O)C1(c2ccc(Br)cc2)CCC(C(N)=O)O1. The van der Waals surface area contributed by atoms with E-state index in [1.165, 1.54) is 7.11 Å². The van der Waals surface area contributed by atoms with Crippen molar-refractivity contribution < 1.29 is 19.1 Å². The Morgan fingerprint density at radius 1 is 1.42 bits per heavy atom. The minimum Gasteiger partial charge on any atom is -0.467 e. The Morgan fingerprint density at radius 3 is 2.53 bits per heavy atom. The van der Waals surface area contributed by atoms with Crippen molar-refractivity contribution in [3.05, 3.63) is 34.3 Å². The molecule has 5 nitrogen and oxygen atoms in total. The molecule has 19 heavy (non-hydrogen) atoms. The van der Waals surface area contributed by atoms with Gasteiger partial charge in [0, 0.05) is 4.47 Å². The first-order valence-corrected chi connectivity index (χ1v) is 6.60. The highest BCUT2D eigenvalue weighted by atomic mass is 79.9. The van der Waals surface area contributed by atoms with Crippen LogP contribution in [0.4, 0.5) is 0 Å². The molecule has 2 atom stereocenters. The summed E-state index contributed by atoms with van der Waals surface area (Å²) in [7, 11) is 1.30. The molecule has 1 aromatic carbocycles. The maximum Gasteiger partial charge on any atom is 0.342 e. The largest absolute Gasteiger partial charge is 0.467 e. The summed E-state index contributed by atoms with van der Waals surface area (Å²) in [6.07, 6.45) is 0.0119. The van der Waals surface area contributed by atoms with Crippen LogP contribution in [0.3, 0.4) is 0 Å².